The molecule has 98 valence electrons. The predicted octanol–water partition coefficient (Wildman–Crippen LogP) is 3.16. The third-order valence-electron chi connectivity index (χ3n) is 3.83. The van der Waals surface area contributed by atoms with Crippen LogP contribution in [0.3, 0.4) is 0 Å². The number of nitrogens with one attached hydrogen (secondary N) is 1. The zero-order valence-corrected chi connectivity index (χ0v) is 10.7. The molecule has 0 amide bonds. The van der Waals surface area contributed by atoms with E-state index in [1.807, 2.05) is 0 Å². The van der Waals surface area contributed by atoms with E-state index in [9.17, 15) is 4.79 Å². The van der Waals surface area contributed by atoms with E-state index in [0.29, 0.717) is 23.2 Å². The molecule has 4 heteroatoms. The Bertz CT molecular complexity index is 420. The fourth-order valence-corrected chi connectivity index (χ4v) is 2.78. The lowest BCUT2D eigenvalue weighted by Gasteiger charge is -2.32. The summed E-state index contributed by atoms with van der Waals surface area (Å²) in [5.74, 6) is -0.260. The van der Waals surface area contributed by atoms with Gasteiger partial charge in [0, 0.05) is 12.2 Å². The molecule has 0 bridgehead atoms. The maximum absolute atomic E-state index is 11.1. The van der Waals surface area contributed by atoms with Gasteiger partial charge in [-0.1, -0.05) is 26.2 Å². The maximum atomic E-state index is 11.1. The first-order chi connectivity index (χ1) is 8.72. The van der Waals surface area contributed by atoms with Gasteiger partial charge in [0.1, 0.15) is 0 Å². The van der Waals surface area contributed by atoms with Crippen molar-refractivity contribution in [2.24, 2.45) is 5.92 Å². The summed E-state index contributed by atoms with van der Waals surface area (Å²) in [5, 5.41) is 12.5. The Morgan fingerprint density at radius 1 is 1.50 bits per heavy atom. The molecule has 2 unspecified atom stereocenters. The molecule has 0 saturated heterocycles. The summed E-state index contributed by atoms with van der Waals surface area (Å²) in [7, 11) is 0. The molecular formula is C14H20N2O2. The largest absolute Gasteiger partial charge is 0.478 e. The lowest BCUT2D eigenvalue weighted by atomic mass is 9.82. The number of anilines is 1. The van der Waals surface area contributed by atoms with Crippen LogP contribution in [0.25, 0.3) is 0 Å². The number of aromatic nitrogens is 1. The molecule has 1 saturated carbocycles. The predicted molar refractivity (Wildman–Crippen MR) is 70.9 cm³/mol. The van der Waals surface area contributed by atoms with Crippen molar-refractivity contribution >= 4 is 11.7 Å². The first kappa shape index (κ1) is 12.9. The lowest BCUT2D eigenvalue weighted by molar-refractivity contribution is 0.0697. The molecule has 0 radical (unpaired) electrons. The third kappa shape index (κ3) is 2.81. The monoisotopic (exact) mass is 248 g/mol. The number of pyridine rings is 1. The number of hydrogen-bond acceptors (Lipinski definition) is 3. The van der Waals surface area contributed by atoms with Crippen LogP contribution in [0.2, 0.25) is 0 Å². The van der Waals surface area contributed by atoms with E-state index < -0.39 is 5.97 Å². The Morgan fingerprint density at radius 2 is 2.28 bits per heavy atom. The van der Waals surface area contributed by atoms with Crippen LogP contribution in [0.4, 0.5) is 5.69 Å². The summed E-state index contributed by atoms with van der Waals surface area (Å²) in [6.07, 6.45) is 9.13. The molecule has 0 spiro atoms. The fraction of sp³-hybridized carbons (Fsp3) is 0.571. The second kappa shape index (κ2) is 5.85. The van der Waals surface area contributed by atoms with Gasteiger partial charge in [-0.15, -0.1) is 0 Å². The molecule has 2 atom stereocenters. The van der Waals surface area contributed by atoms with Crippen LogP contribution in [0.1, 0.15) is 49.4 Å². The Labute approximate surface area is 107 Å². The van der Waals surface area contributed by atoms with Crippen LogP contribution in [0.5, 0.6) is 0 Å². The number of aromatic carboxylic acids is 1. The van der Waals surface area contributed by atoms with E-state index in [1.165, 1.54) is 25.5 Å². The summed E-state index contributed by atoms with van der Waals surface area (Å²) in [5.41, 5.74) is 0.959. The molecule has 18 heavy (non-hydrogen) atoms. The number of carbonyl (C=O) groups is 1. The van der Waals surface area contributed by atoms with Crippen LogP contribution in [-0.2, 0) is 0 Å². The summed E-state index contributed by atoms with van der Waals surface area (Å²) in [4.78, 5) is 15.2. The van der Waals surface area contributed by atoms with E-state index in [-0.39, 0.29) is 0 Å². The van der Waals surface area contributed by atoms with Gasteiger partial charge >= 0.3 is 5.97 Å². The van der Waals surface area contributed by atoms with Crippen molar-refractivity contribution in [3.8, 4) is 0 Å². The second-order valence-corrected chi connectivity index (χ2v) is 4.93. The van der Waals surface area contributed by atoms with Gasteiger partial charge < -0.3 is 10.4 Å². The third-order valence-corrected chi connectivity index (χ3v) is 3.83. The molecule has 0 aromatic carbocycles. The van der Waals surface area contributed by atoms with Crippen molar-refractivity contribution in [2.45, 2.75) is 45.1 Å². The molecule has 1 aliphatic rings. The van der Waals surface area contributed by atoms with Crippen LogP contribution in [0.15, 0.2) is 18.5 Å². The minimum atomic E-state index is -0.899. The maximum Gasteiger partial charge on any atom is 0.337 e. The highest BCUT2D eigenvalue weighted by molar-refractivity contribution is 5.93. The van der Waals surface area contributed by atoms with Crippen LogP contribution in [-0.4, -0.2) is 22.1 Å². The zero-order chi connectivity index (χ0) is 13.0. The van der Waals surface area contributed by atoms with Crippen molar-refractivity contribution in [3.05, 3.63) is 24.0 Å². The minimum absolute atomic E-state index is 0.311. The number of nitrogens with zero attached hydrogens (tertiary/aromatic N) is 1. The Balaban J connectivity index is 2.15. The van der Waals surface area contributed by atoms with Crippen LogP contribution < -0.4 is 5.32 Å². The van der Waals surface area contributed by atoms with Crippen molar-refractivity contribution in [3.63, 3.8) is 0 Å². The molecule has 1 heterocycles. The van der Waals surface area contributed by atoms with E-state index in [2.05, 4.69) is 17.2 Å². The SMILES string of the molecule is CCC1CCCCC1Nc1cnccc1C(=O)O. The van der Waals surface area contributed by atoms with E-state index in [0.717, 1.165) is 12.8 Å². The zero-order valence-electron chi connectivity index (χ0n) is 10.7. The molecule has 2 N–H and O–H groups in total. The molecule has 4 nitrogen and oxygen atoms in total. The van der Waals surface area contributed by atoms with Crippen molar-refractivity contribution in [1.29, 1.82) is 0 Å². The Hall–Kier alpha value is -1.58. The number of hydrogen-bond donors (Lipinski definition) is 2. The standard InChI is InChI=1S/C14H20N2O2/c1-2-10-5-3-4-6-12(10)16-13-9-15-8-7-11(13)14(17)18/h7-10,12,16H,2-6H2,1H3,(H,17,18). The van der Waals surface area contributed by atoms with Gasteiger partial charge in [0.2, 0.25) is 0 Å². The van der Waals surface area contributed by atoms with Gasteiger partial charge in [-0.2, -0.15) is 0 Å². The van der Waals surface area contributed by atoms with E-state index >= 15 is 0 Å². The van der Waals surface area contributed by atoms with Gasteiger partial charge in [-0.05, 0) is 24.8 Å². The van der Waals surface area contributed by atoms with Crippen molar-refractivity contribution in [2.75, 3.05) is 5.32 Å². The molecular weight excluding hydrogens is 228 g/mol. The van der Waals surface area contributed by atoms with E-state index in [1.54, 1.807) is 12.3 Å². The molecule has 1 fully saturated rings. The topological polar surface area (TPSA) is 62.2 Å². The van der Waals surface area contributed by atoms with Gasteiger partial charge in [0.15, 0.2) is 0 Å². The molecule has 0 aliphatic heterocycles. The van der Waals surface area contributed by atoms with Crippen LogP contribution in [0, 0.1) is 5.92 Å². The average molecular weight is 248 g/mol. The van der Waals surface area contributed by atoms with Gasteiger partial charge in [-0.25, -0.2) is 4.79 Å². The van der Waals surface area contributed by atoms with Crippen molar-refractivity contribution < 1.29 is 9.90 Å². The summed E-state index contributed by atoms with van der Waals surface area (Å²) < 4.78 is 0. The van der Waals surface area contributed by atoms with Gasteiger partial charge in [0.25, 0.3) is 0 Å². The highest BCUT2D eigenvalue weighted by Gasteiger charge is 2.24. The van der Waals surface area contributed by atoms with Crippen molar-refractivity contribution in [1.82, 2.24) is 4.98 Å². The smallest absolute Gasteiger partial charge is 0.337 e. The Kier molecular flexibility index (Phi) is 4.18. The quantitative estimate of drug-likeness (QED) is 0.859. The summed E-state index contributed by atoms with van der Waals surface area (Å²) >= 11 is 0. The molecule has 1 aliphatic carbocycles. The first-order valence-electron chi connectivity index (χ1n) is 6.66. The summed E-state index contributed by atoms with van der Waals surface area (Å²) in [6.45, 7) is 2.20. The summed E-state index contributed by atoms with van der Waals surface area (Å²) in [6, 6.07) is 1.93. The van der Waals surface area contributed by atoms with Gasteiger partial charge in [0.05, 0.1) is 17.4 Å². The Morgan fingerprint density at radius 3 is 3.00 bits per heavy atom. The minimum Gasteiger partial charge on any atom is -0.478 e. The molecule has 1 aromatic heterocycles. The number of carboxylic acids is 1. The second-order valence-electron chi connectivity index (χ2n) is 4.93. The van der Waals surface area contributed by atoms with E-state index in [4.69, 9.17) is 5.11 Å². The highest BCUT2D eigenvalue weighted by Crippen LogP contribution is 2.30. The highest BCUT2D eigenvalue weighted by atomic mass is 16.4. The fourth-order valence-electron chi connectivity index (χ4n) is 2.78. The van der Waals surface area contributed by atoms with Gasteiger partial charge in [-0.3, -0.25) is 4.98 Å². The molecule has 1 aromatic rings. The lowest BCUT2D eigenvalue weighted by Crippen LogP contribution is -2.32. The normalized spacial score (nSPS) is 23.6. The number of rotatable bonds is 4. The number of carboxylic acid groups (broad SMARTS) is 1. The first-order valence-corrected chi connectivity index (χ1v) is 6.66. The van der Waals surface area contributed by atoms with Crippen LogP contribution >= 0.6 is 0 Å². The molecule has 2 rings (SSSR count). The average Bonchev–Trinajstić information content (AvgIpc) is 2.40.